The number of likely N-dealkylation sites (N-methyl/N-ethyl adjacent to an activating group) is 1. The van der Waals surface area contributed by atoms with Gasteiger partial charge in [-0.3, -0.25) is 9.59 Å². The average Bonchev–Trinajstić information content (AvgIpc) is 3.18. The molecular weight excluding hydrogens is 415 g/mol. The van der Waals surface area contributed by atoms with E-state index in [9.17, 15) is 14.0 Å². The highest BCUT2D eigenvalue weighted by atomic mass is 19.1. The van der Waals surface area contributed by atoms with Crippen molar-refractivity contribution in [2.75, 3.05) is 31.6 Å². The van der Waals surface area contributed by atoms with Crippen LogP contribution in [0.4, 0.5) is 10.1 Å². The van der Waals surface area contributed by atoms with Crippen molar-refractivity contribution < 1.29 is 23.5 Å². The second-order valence-corrected chi connectivity index (χ2v) is 7.26. The molecule has 0 radical (unpaired) electrons. The van der Waals surface area contributed by atoms with E-state index in [1.54, 1.807) is 48.9 Å². The number of nitrogens with zero attached hydrogens (tertiary/aromatic N) is 3. The molecule has 32 heavy (non-hydrogen) atoms. The third kappa shape index (κ3) is 4.41. The van der Waals surface area contributed by atoms with Crippen molar-refractivity contribution in [2.45, 2.75) is 13.8 Å². The van der Waals surface area contributed by atoms with Crippen molar-refractivity contribution in [1.29, 1.82) is 0 Å². The Morgan fingerprint density at radius 2 is 1.84 bits per heavy atom. The first kappa shape index (κ1) is 21.4. The van der Waals surface area contributed by atoms with Crippen LogP contribution in [-0.2, 0) is 4.79 Å². The number of carbonyl (C=O) groups excluding carboxylic acids is 2. The number of rotatable bonds is 6. The Labute approximate surface area is 184 Å². The molecule has 2 heterocycles. The van der Waals surface area contributed by atoms with Crippen LogP contribution in [0.2, 0.25) is 0 Å². The number of carbonyl (C=O) groups is 2. The lowest BCUT2D eigenvalue weighted by Crippen LogP contribution is -2.38. The molecule has 1 aliphatic heterocycles. The van der Waals surface area contributed by atoms with Gasteiger partial charge in [0.15, 0.2) is 11.5 Å². The van der Waals surface area contributed by atoms with Crippen molar-refractivity contribution >= 4 is 17.5 Å². The fraction of sp³-hybridized carbons (Fsp3) is 0.261. The van der Waals surface area contributed by atoms with Crippen molar-refractivity contribution in [2.24, 2.45) is 0 Å². The number of halogens is 1. The molecule has 3 aromatic rings. The Morgan fingerprint density at radius 3 is 2.56 bits per heavy atom. The summed E-state index contributed by atoms with van der Waals surface area (Å²) >= 11 is 0. The van der Waals surface area contributed by atoms with Crippen LogP contribution in [0.3, 0.4) is 0 Å². The number of ether oxygens (including phenoxy) is 2. The number of benzene rings is 2. The van der Waals surface area contributed by atoms with Gasteiger partial charge >= 0.3 is 0 Å². The van der Waals surface area contributed by atoms with Gasteiger partial charge in [-0.2, -0.15) is 5.10 Å². The Kier molecular flexibility index (Phi) is 6.07. The molecule has 0 unspecified atom stereocenters. The third-order valence-corrected chi connectivity index (χ3v) is 5.14. The van der Waals surface area contributed by atoms with Gasteiger partial charge in [-0.1, -0.05) is 0 Å². The third-order valence-electron chi connectivity index (χ3n) is 5.14. The minimum Gasteiger partial charge on any atom is -0.486 e. The first-order valence-electron chi connectivity index (χ1n) is 10.3. The van der Waals surface area contributed by atoms with Crippen LogP contribution in [0.25, 0.3) is 5.69 Å². The summed E-state index contributed by atoms with van der Waals surface area (Å²) < 4.78 is 25.8. The van der Waals surface area contributed by atoms with Crippen LogP contribution in [-0.4, -0.2) is 52.8 Å². The van der Waals surface area contributed by atoms with E-state index in [0.717, 1.165) is 0 Å². The normalized spacial score (nSPS) is 12.3. The van der Waals surface area contributed by atoms with Crippen molar-refractivity contribution in [1.82, 2.24) is 14.7 Å². The second kappa shape index (κ2) is 9.09. The molecule has 2 aromatic carbocycles. The highest BCUT2D eigenvalue weighted by Gasteiger charge is 2.22. The lowest BCUT2D eigenvalue weighted by Gasteiger charge is -2.21. The summed E-state index contributed by atoms with van der Waals surface area (Å²) in [6.07, 6.45) is 1.46. The number of amides is 2. The quantitative estimate of drug-likeness (QED) is 0.639. The molecule has 4 rings (SSSR count). The van der Waals surface area contributed by atoms with Crippen LogP contribution >= 0.6 is 0 Å². The number of fused-ring (bicyclic) bond motifs is 1. The SMILES string of the molecule is CCN(CC(=O)Nc1ccc2c(c1)OCCO2)C(=O)c1cnn(-c2ccc(F)cc2)c1C. The summed E-state index contributed by atoms with van der Waals surface area (Å²) in [5.41, 5.74) is 2.18. The van der Waals surface area contributed by atoms with Gasteiger partial charge in [0, 0.05) is 18.3 Å². The molecule has 1 aromatic heterocycles. The molecule has 0 spiro atoms. The van der Waals surface area contributed by atoms with E-state index in [2.05, 4.69) is 10.4 Å². The average molecular weight is 438 g/mol. The molecule has 0 saturated carbocycles. The van der Waals surface area contributed by atoms with Gasteiger partial charge in [-0.25, -0.2) is 9.07 Å². The molecular formula is C23H23FN4O4. The molecule has 0 bridgehead atoms. The van der Waals surface area contributed by atoms with E-state index >= 15 is 0 Å². The summed E-state index contributed by atoms with van der Waals surface area (Å²) in [7, 11) is 0. The summed E-state index contributed by atoms with van der Waals surface area (Å²) in [5.74, 6) is 0.210. The fourth-order valence-corrected chi connectivity index (χ4v) is 3.45. The van der Waals surface area contributed by atoms with Gasteiger partial charge in [-0.15, -0.1) is 0 Å². The largest absolute Gasteiger partial charge is 0.486 e. The van der Waals surface area contributed by atoms with E-state index in [4.69, 9.17) is 9.47 Å². The number of hydrogen-bond donors (Lipinski definition) is 1. The van der Waals surface area contributed by atoms with Crippen molar-refractivity contribution in [3.63, 3.8) is 0 Å². The molecule has 8 nitrogen and oxygen atoms in total. The van der Waals surface area contributed by atoms with Gasteiger partial charge in [0.2, 0.25) is 5.91 Å². The lowest BCUT2D eigenvalue weighted by molar-refractivity contribution is -0.116. The molecule has 0 aliphatic carbocycles. The topological polar surface area (TPSA) is 85.7 Å². The number of hydrogen-bond acceptors (Lipinski definition) is 5. The van der Waals surface area contributed by atoms with Crippen LogP contribution in [0, 0.1) is 12.7 Å². The van der Waals surface area contributed by atoms with Crippen LogP contribution in [0.5, 0.6) is 11.5 Å². The number of anilines is 1. The minimum absolute atomic E-state index is 0.120. The standard InChI is InChI=1S/C23H23FN4O4/c1-3-27(14-22(29)26-17-6-9-20-21(12-17)32-11-10-31-20)23(30)19-13-25-28(15(19)2)18-7-4-16(24)5-8-18/h4-9,12-13H,3,10-11,14H2,1-2H3,(H,26,29). The molecule has 0 fully saturated rings. The smallest absolute Gasteiger partial charge is 0.257 e. The first-order valence-corrected chi connectivity index (χ1v) is 10.3. The summed E-state index contributed by atoms with van der Waals surface area (Å²) in [4.78, 5) is 27.1. The van der Waals surface area contributed by atoms with Crippen LogP contribution < -0.4 is 14.8 Å². The molecule has 166 valence electrons. The molecule has 1 aliphatic rings. The van der Waals surface area contributed by atoms with E-state index in [0.29, 0.717) is 53.9 Å². The van der Waals surface area contributed by atoms with Crippen LogP contribution in [0.1, 0.15) is 23.0 Å². The zero-order valence-corrected chi connectivity index (χ0v) is 17.8. The van der Waals surface area contributed by atoms with Gasteiger partial charge in [0.05, 0.1) is 23.1 Å². The van der Waals surface area contributed by atoms with Gasteiger partial charge in [-0.05, 0) is 50.2 Å². The van der Waals surface area contributed by atoms with Crippen molar-refractivity contribution in [3.05, 3.63) is 65.7 Å². The van der Waals surface area contributed by atoms with Gasteiger partial charge < -0.3 is 19.7 Å². The summed E-state index contributed by atoms with van der Waals surface area (Å²) in [5, 5.41) is 7.05. The van der Waals surface area contributed by atoms with E-state index in [1.165, 1.54) is 23.2 Å². The maximum Gasteiger partial charge on any atom is 0.257 e. The predicted octanol–water partition coefficient (Wildman–Crippen LogP) is 3.19. The lowest BCUT2D eigenvalue weighted by atomic mass is 10.2. The molecule has 0 atom stereocenters. The Hall–Kier alpha value is -3.88. The van der Waals surface area contributed by atoms with E-state index in [1.807, 2.05) is 0 Å². The minimum atomic E-state index is -0.351. The monoisotopic (exact) mass is 438 g/mol. The maximum atomic E-state index is 13.2. The predicted molar refractivity (Wildman–Crippen MR) is 116 cm³/mol. The zero-order chi connectivity index (χ0) is 22.7. The molecule has 0 saturated heterocycles. The fourth-order valence-electron chi connectivity index (χ4n) is 3.45. The Balaban J connectivity index is 1.45. The zero-order valence-electron chi connectivity index (χ0n) is 17.8. The summed E-state index contributed by atoms with van der Waals surface area (Å²) in [6, 6.07) is 11.0. The van der Waals surface area contributed by atoms with Gasteiger partial charge in [0.25, 0.3) is 5.91 Å². The Bertz CT molecular complexity index is 1140. The van der Waals surface area contributed by atoms with E-state index in [-0.39, 0.29) is 24.2 Å². The van der Waals surface area contributed by atoms with Crippen LogP contribution in [0.15, 0.2) is 48.7 Å². The molecule has 9 heteroatoms. The Morgan fingerprint density at radius 1 is 1.12 bits per heavy atom. The highest BCUT2D eigenvalue weighted by Crippen LogP contribution is 2.32. The number of aromatic nitrogens is 2. The van der Waals surface area contributed by atoms with Crippen molar-refractivity contribution in [3.8, 4) is 17.2 Å². The molecule has 1 N–H and O–H groups in total. The highest BCUT2D eigenvalue weighted by molar-refractivity contribution is 6.00. The first-order chi connectivity index (χ1) is 15.5. The van der Waals surface area contributed by atoms with E-state index < -0.39 is 0 Å². The maximum absolute atomic E-state index is 13.2. The summed E-state index contributed by atoms with van der Waals surface area (Å²) in [6.45, 7) is 4.72. The van der Waals surface area contributed by atoms with Gasteiger partial charge in [0.1, 0.15) is 25.6 Å². The second-order valence-electron chi connectivity index (χ2n) is 7.26. The number of nitrogens with one attached hydrogen (secondary N) is 1. The molecule has 2 amide bonds.